The van der Waals surface area contributed by atoms with Crippen LogP contribution in [0.2, 0.25) is 0 Å². The molecule has 4 aromatic rings. The highest BCUT2D eigenvalue weighted by molar-refractivity contribution is 7.93. The summed E-state index contributed by atoms with van der Waals surface area (Å²) >= 11 is 0. The summed E-state index contributed by atoms with van der Waals surface area (Å²) in [4.78, 5) is 0.0129. The van der Waals surface area contributed by atoms with Crippen molar-refractivity contribution in [2.24, 2.45) is 0 Å². The lowest BCUT2D eigenvalue weighted by Crippen LogP contribution is -2.13. The van der Waals surface area contributed by atoms with Crippen LogP contribution in [0.15, 0.2) is 95.9 Å². The number of sulfonamides is 1. The smallest absolute Gasteiger partial charge is 0.262 e. The normalized spacial score (nSPS) is 11.3. The number of fused-ring (bicyclic) bond motifs is 1. The van der Waals surface area contributed by atoms with Crippen LogP contribution in [0, 0.1) is 5.82 Å². The van der Waals surface area contributed by atoms with E-state index in [4.69, 9.17) is 4.74 Å². The van der Waals surface area contributed by atoms with Gasteiger partial charge in [0.1, 0.15) is 17.3 Å². The van der Waals surface area contributed by atoms with Crippen molar-refractivity contribution < 1.29 is 17.5 Å². The molecule has 0 heterocycles. The van der Waals surface area contributed by atoms with Gasteiger partial charge in [0.05, 0.1) is 10.6 Å². The first kappa shape index (κ1) is 18.0. The molecule has 0 saturated carbocycles. The number of rotatable bonds is 5. The molecule has 140 valence electrons. The highest BCUT2D eigenvalue weighted by atomic mass is 32.2. The van der Waals surface area contributed by atoms with E-state index in [-0.39, 0.29) is 10.3 Å². The molecule has 4 nitrogen and oxygen atoms in total. The summed E-state index contributed by atoms with van der Waals surface area (Å²) in [7, 11) is -3.92. The summed E-state index contributed by atoms with van der Waals surface area (Å²) in [5, 5.41) is 0.582. The number of hydrogen-bond donors (Lipinski definition) is 1. The Balaban J connectivity index is 1.66. The van der Waals surface area contributed by atoms with Crippen LogP contribution in [-0.4, -0.2) is 8.42 Å². The van der Waals surface area contributed by atoms with E-state index in [0.29, 0.717) is 22.6 Å². The predicted molar refractivity (Wildman–Crippen MR) is 108 cm³/mol. The first-order chi connectivity index (χ1) is 13.5. The third-order valence-corrected chi connectivity index (χ3v) is 5.62. The molecule has 0 aromatic heterocycles. The largest absolute Gasteiger partial charge is 0.457 e. The van der Waals surface area contributed by atoms with Crippen LogP contribution < -0.4 is 9.46 Å². The molecule has 0 atom stereocenters. The standard InChI is InChI=1S/C22H16FNO3S/c23-21-13-14-22(20-12-5-4-11-19(20)21)28(25,26)24-16-7-6-10-18(15-16)27-17-8-2-1-3-9-17/h1-15,24H. The summed E-state index contributed by atoms with van der Waals surface area (Å²) in [5.74, 6) is 0.676. The van der Waals surface area contributed by atoms with Gasteiger partial charge in [-0.05, 0) is 36.4 Å². The highest BCUT2D eigenvalue weighted by Gasteiger charge is 2.19. The van der Waals surface area contributed by atoms with Crippen molar-refractivity contribution in [3.05, 3.63) is 96.8 Å². The fourth-order valence-electron chi connectivity index (χ4n) is 2.93. The van der Waals surface area contributed by atoms with Crippen LogP contribution in [0.1, 0.15) is 0 Å². The van der Waals surface area contributed by atoms with E-state index in [1.807, 2.05) is 30.3 Å². The minimum atomic E-state index is -3.92. The number of benzene rings is 4. The topological polar surface area (TPSA) is 55.4 Å². The van der Waals surface area contributed by atoms with Crippen molar-refractivity contribution in [1.29, 1.82) is 0 Å². The molecule has 0 unspecified atom stereocenters. The number of para-hydroxylation sites is 1. The Morgan fingerprint density at radius 3 is 2.18 bits per heavy atom. The van der Waals surface area contributed by atoms with Gasteiger partial charge in [-0.2, -0.15) is 0 Å². The molecule has 0 radical (unpaired) electrons. The second-order valence-corrected chi connectivity index (χ2v) is 7.79. The summed E-state index contributed by atoms with van der Waals surface area (Å²) < 4.78 is 48.1. The molecule has 0 aliphatic carbocycles. The molecule has 6 heteroatoms. The Hall–Kier alpha value is -3.38. The van der Waals surface area contributed by atoms with Crippen LogP contribution in [-0.2, 0) is 10.0 Å². The van der Waals surface area contributed by atoms with E-state index in [2.05, 4.69) is 4.72 Å². The summed E-state index contributed by atoms with van der Waals surface area (Å²) in [5.41, 5.74) is 0.349. The molecule has 0 bridgehead atoms. The van der Waals surface area contributed by atoms with Gasteiger partial charge in [-0.1, -0.05) is 48.5 Å². The number of nitrogens with one attached hydrogen (secondary N) is 1. The van der Waals surface area contributed by atoms with Crippen LogP contribution >= 0.6 is 0 Å². The molecule has 1 N–H and O–H groups in total. The maximum atomic E-state index is 14.0. The molecule has 0 amide bonds. The Morgan fingerprint density at radius 1 is 0.714 bits per heavy atom. The molecule has 28 heavy (non-hydrogen) atoms. The summed E-state index contributed by atoms with van der Waals surface area (Å²) in [6.45, 7) is 0. The zero-order valence-electron chi connectivity index (χ0n) is 14.7. The zero-order chi connectivity index (χ0) is 19.6. The Kier molecular flexibility index (Phi) is 4.71. The second kappa shape index (κ2) is 7.32. The summed E-state index contributed by atoms with van der Waals surface area (Å²) in [6, 6.07) is 24.7. The quantitative estimate of drug-likeness (QED) is 0.482. The zero-order valence-corrected chi connectivity index (χ0v) is 15.5. The lowest BCUT2D eigenvalue weighted by Gasteiger charge is -2.12. The minimum absolute atomic E-state index is 0.0129. The van der Waals surface area contributed by atoms with E-state index >= 15 is 0 Å². The number of anilines is 1. The van der Waals surface area contributed by atoms with Crippen LogP contribution in [0.4, 0.5) is 10.1 Å². The van der Waals surface area contributed by atoms with Crippen molar-refractivity contribution in [1.82, 2.24) is 0 Å². The first-order valence-electron chi connectivity index (χ1n) is 8.56. The third kappa shape index (κ3) is 3.68. The molecular formula is C22H16FNO3S. The molecule has 0 spiro atoms. The second-order valence-electron chi connectivity index (χ2n) is 6.14. The van der Waals surface area contributed by atoms with Crippen molar-refractivity contribution in [3.8, 4) is 11.5 Å². The molecule has 0 fully saturated rings. The van der Waals surface area contributed by atoms with Gasteiger partial charge in [-0.15, -0.1) is 0 Å². The number of halogens is 1. The first-order valence-corrected chi connectivity index (χ1v) is 10.0. The lowest BCUT2D eigenvalue weighted by atomic mass is 10.1. The maximum Gasteiger partial charge on any atom is 0.262 e. The van der Waals surface area contributed by atoms with Crippen molar-refractivity contribution in [2.75, 3.05) is 4.72 Å². The third-order valence-electron chi connectivity index (χ3n) is 4.19. The van der Waals surface area contributed by atoms with Gasteiger partial charge >= 0.3 is 0 Å². The van der Waals surface area contributed by atoms with Crippen molar-refractivity contribution in [2.45, 2.75) is 4.90 Å². The fourth-order valence-corrected chi connectivity index (χ4v) is 4.19. The molecule has 0 aliphatic heterocycles. The molecular weight excluding hydrogens is 377 g/mol. The Bertz CT molecular complexity index is 1240. The van der Waals surface area contributed by atoms with Crippen molar-refractivity contribution >= 4 is 26.5 Å². The lowest BCUT2D eigenvalue weighted by molar-refractivity contribution is 0.483. The fraction of sp³-hybridized carbons (Fsp3) is 0. The minimum Gasteiger partial charge on any atom is -0.457 e. The van der Waals surface area contributed by atoms with Gasteiger partial charge in [0.15, 0.2) is 0 Å². The predicted octanol–water partition coefficient (Wildman–Crippen LogP) is 5.57. The van der Waals surface area contributed by atoms with Gasteiger partial charge in [-0.3, -0.25) is 4.72 Å². The van der Waals surface area contributed by atoms with E-state index in [9.17, 15) is 12.8 Å². The maximum absolute atomic E-state index is 14.0. The van der Waals surface area contributed by atoms with Crippen molar-refractivity contribution in [3.63, 3.8) is 0 Å². The van der Waals surface area contributed by atoms with Crippen LogP contribution in [0.5, 0.6) is 11.5 Å². The van der Waals surface area contributed by atoms with E-state index in [0.717, 1.165) is 6.07 Å². The van der Waals surface area contributed by atoms with Gasteiger partial charge in [0.25, 0.3) is 10.0 Å². The Labute approximate surface area is 162 Å². The number of ether oxygens (including phenoxy) is 1. The Morgan fingerprint density at radius 2 is 1.39 bits per heavy atom. The van der Waals surface area contributed by atoms with E-state index in [1.54, 1.807) is 48.5 Å². The van der Waals surface area contributed by atoms with Gasteiger partial charge in [-0.25, -0.2) is 12.8 Å². The van der Waals surface area contributed by atoms with Gasteiger partial charge < -0.3 is 4.74 Å². The molecule has 4 rings (SSSR count). The average molecular weight is 393 g/mol. The molecule has 4 aromatic carbocycles. The van der Waals surface area contributed by atoms with E-state index in [1.165, 1.54) is 6.07 Å². The molecule has 0 aliphatic rings. The van der Waals surface area contributed by atoms with Gasteiger partial charge in [0, 0.05) is 16.8 Å². The average Bonchev–Trinajstić information content (AvgIpc) is 2.69. The summed E-state index contributed by atoms with van der Waals surface area (Å²) in [6.07, 6.45) is 0. The van der Waals surface area contributed by atoms with Crippen LogP contribution in [0.25, 0.3) is 10.8 Å². The molecule has 0 saturated heterocycles. The highest BCUT2D eigenvalue weighted by Crippen LogP contribution is 2.29. The van der Waals surface area contributed by atoms with E-state index < -0.39 is 15.8 Å². The number of hydrogen-bond acceptors (Lipinski definition) is 3. The van der Waals surface area contributed by atoms with Crippen LogP contribution in [0.3, 0.4) is 0 Å². The van der Waals surface area contributed by atoms with Gasteiger partial charge in [0.2, 0.25) is 0 Å². The monoisotopic (exact) mass is 393 g/mol. The SMILES string of the molecule is O=S(=O)(Nc1cccc(Oc2ccccc2)c1)c1ccc(F)c2ccccc12.